The minimum Gasteiger partial charge on any atom is -0.382 e. The molecule has 3 amide bonds. The number of nitrogens with zero attached hydrogens (tertiary/aromatic N) is 2. The quantitative estimate of drug-likeness (QED) is 0.323. The van der Waals surface area contributed by atoms with Crippen molar-refractivity contribution in [2.75, 3.05) is 11.9 Å². The first kappa shape index (κ1) is 19.9. The van der Waals surface area contributed by atoms with Gasteiger partial charge in [-0.3, -0.25) is 24.9 Å². The number of rotatable bonds is 8. The highest BCUT2D eigenvalue weighted by Crippen LogP contribution is 2.25. The lowest BCUT2D eigenvalue weighted by Crippen LogP contribution is -2.50. The van der Waals surface area contributed by atoms with E-state index < -0.39 is 29.9 Å². The van der Waals surface area contributed by atoms with Crippen molar-refractivity contribution in [3.63, 3.8) is 0 Å². The van der Waals surface area contributed by atoms with Crippen LogP contribution in [-0.4, -0.2) is 61.6 Å². The number of hydrogen-bond acceptors (Lipinski definition) is 6. The molecule has 0 saturated carbocycles. The fourth-order valence-corrected chi connectivity index (χ4v) is 3.14. The van der Waals surface area contributed by atoms with Gasteiger partial charge in [-0.1, -0.05) is 19.8 Å². The van der Waals surface area contributed by atoms with Crippen LogP contribution in [0.3, 0.4) is 0 Å². The Morgan fingerprint density at radius 2 is 2.23 bits per heavy atom. The average molecular weight is 367 g/mol. The number of imidazole rings is 1. The van der Waals surface area contributed by atoms with E-state index in [2.05, 4.69) is 15.3 Å². The molecule has 1 fully saturated rings. The predicted octanol–water partition coefficient (Wildman–Crippen LogP) is 0.0119. The van der Waals surface area contributed by atoms with E-state index in [9.17, 15) is 19.5 Å². The highest BCUT2D eigenvalue weighted by atomic mass is 16.5. The molecular formula is C16H25N5O5. The summed E-state index contributed by atoms with van der Waals surface area (Å²) in [4.78, 5) is 45.1. The van der Waals surface area contributed by atoms with E-state index in [4.69, 9.17) is 5.21 Å². The van der Waals surface area contributed by atoms with E-state index in [1.807, 2.05) is 6.92 Å². The van der Waals surface area contributed by atoms with E-state index >= 15 is 0 Å². The first-order valence-corrected chi connectivity index (χ1v) is 8.72. The maximum absolute atomic E-state index is 12.9. The van der Waals surface area contributed by atoms with Crippen LogP contribution in [-0.2, 0) is 14.4 Å². The molecule has 1 aliphatic heterocycles. The zero-order valence-electron chi connectivity index (χ0n) is 14.6. The van der Waals surface area contributed by atoms with E-state index in [0.717, 1.165) is 6.42 Å². The molecule has 2 heterocycles. The van der Waals surface area contributed by atoms with Crippen LogP contribution in [0, 0.1) is 5.92 Å². The summed E-state index contributed by atoms with van der Waals surface area (Å²) in [5.41, 5.74) is 1.38. The summed E-state index contributed by atoms with van der Waals surface area (Å²) in [6.45, 7) is 2.29. The van der Waals surface area contributed by atoms with Crippen molar-refractivity contribution in [2.45, 2.75) is 51.2 Å². The lowest BCUT2D eigenvalue weighted by atomic mass is 9.93. The summed E-state index contributed by atoms with van der Waals surface area (Å²) < 4.78 is 0. The molecular weight excluding hydrogens is 342 g/mol. The van der Waals surface area contributed by atoms with Gasteiger partial charge in [0, 0.05) is 18.9 Å². The maximum atomic E-state index is 12.9. The number of aromatic nitrogens is 2. The van der Waals surface area contributed by atoms with Crippen LogP contribution in [0.4, 0.5) is 5.95 Å². The largest absolute Gasteiger partial charge is 0.382 e. The molecule has 0 spiro atoms. The lowest BCUT2D eigenvalue weighted by molar-refractivity contribution is -0.152. The normalized spacial score (nSPS) is 19.0. The molecule has 144 valence electrons. The van der Waals surface area contributed by atoms with Crippen LogP contribution in [0.1, 0.15) is 39.0 Å². The molecule has 26 heavy (non-hydrogen) atoms. The Morgan fingerprint density at radius 3 is 2.85 bits per heavy atom. The number of unbranched alkanes of at least 4 members (excludes halogenated alkanes) is 1. The number of likely N-dealkylation sites (tertiary alicyclic amines) is 1. The molecule has 0 radical (unpaired) electrons. The summed E-state index contributed by atoms with van der Waals surface area (Å²) in [5.74, 6) is -2.60. The van der Waals surface area contributed by atoms with Gasteiger partial charge in [-0.05, 0) is 19.3 Å². The molecule has 10 nitrogen and oxygen atoms in total. The van der Waals surface area contributed by atoms with Gasteiger partial charge in [0.15, 0.2) is 0 Å². The third-order valence-electron chi connectivity index (χ3n) is 4.52. The van der Waals surface area contributed by atoms with Gasteiger partial charge in [-0.2, -0.15) is 0 Å². The molecule has 2 rings (SSSR count). The molecule has 5 N–H and O–H groups in total. The zero-order valence-corrected chi connectivity index (χ0v) is 14.6. The van der Waals surface area contributed by atoms with E-state index in [1.54, 1.807) is 6.20 Å². The molecule has 1 aromatic heterocycles. The molecule has 0 unspecified atom stereocenters. The number of carbonyl (C=O) groups is 3. The zero-order chi connectivity index (χ0) is 19.1. The number of nitrogens with one attached hydrogen (secondary N) is 3. The summed E-state index contributed by atoms with van der Waals surface area (Å²) in [6.07, 6.45) is 4.21. The SMILES string of the molecule is CCCC[C@@H](C(=O)N1CCC[C@H]1C(=O)Nc1ncc[nH]1)[C@H](O)C(=O)NO. The summed E-state index contributed by atoms with van der Waals surface area (Å²) in [5, 5.41) is 21.5. The second-order valence-electron chi connectivity index (χ2n) is 6.29. The van der Waals surface area contributed by atoms with E-state index in [-0.39, 0.29) is 18.3 Å². The first-order valence-electron chi connectivity index (χ1n) is 8.72. The number of amides is 3. The second-order valence-corrected chi connectivity index (χ2v) is 6.29. The fraction of sp³-hybridized carbons (Fsp3) is 0.625. The van der Waals surface area contributed by atoms with Gasteiger partial charge in [0.1, 0.15) is 12.1 Å². The number of aliphatic hydroxyl groups is 1. The average Bonchev–Trinajstić information content (AvgIpc) is 3.32. The molecule has 1 aromatic rings. The maximum Gasteiger partial charge on any atom is 0.272 e. The third kappa shape index (κ3) is 4.58. The Kier molecular flexibility index (Phi) is 7.10. The van der Waals surface area contributed by atoms with Gasteiger partial charge >= 0.3 is 0 Å². The highest BCUT2D eigenvalue weighted by Gasteiger charge is 2.41. The monoisotopic (exact) mass is 367 g/mol. The lowest BCUT2D eigenvalue weighted by Gasteiger charge is -2.29. The van der Waals surface area contributed by atoms with Gasteiger partial charge in [0.05, 0.1) is 5.92 Å². The van der Waals surface area contributed by atoms with Crippen LogP contribution < -0.4 is 10.8 Å². The van der Waals surface area contributed by atoms with Crippen molar-refractivity contribution in [3.05, 3.63) is 12.4 Å². The van der Waals surface area contributed by atoms with Crippen molar-refractivity contribution in [1.82, 2.24) is 20.3 Å². The molecule has 0 bridgehead atoms. The molecule has 1 aliphatic rings. The number of aromatic amines is 1. The van der Waals surface area contributed by atoms with Gasteiger partial charge < -0.3 is 15.0 Å². The number of hydrogen-bond donors (Lipinski definition) is 5. The standard InChI is InChI=1S/C16H25N5O5/c1-2-3-5-10(12(22)14(24)20-26)15(25)21-9-4-6-11(21)13(23)19-16-17-7-8-18-16/h7-8,10-12,22,26H,2-6,9H2,1H3,(H,20,24)(H2,17,18,19,23)/t10-,11+,12+/m1/s1. The number of anilines is 1. The van der Waals surface area contributed by atoms with E-state index in [1.165, 1.54) is 16.6 Å². The van der Waals surface area contributed by atoms with Crippen LogP contribution in [0.2, 0.25) is 0 Å². The highest BCUT2D eigenvalue weighted by molar-refractivity contribution is 5.97. The summed E-state index contributed by atoms with van der Waals surface area (Å²) in [7, 11) is 0. The summed E-state index contributed by atoms with van der Waals surface area (Å²) in [6, 6.07) is -0.693. The van der Waals surface area contributed by atoms with Crippen molar-refractivity contribution in [3.8, 4) is 0 Å². The van der Waals surface area contributed by atoms with E-state index in [0.29, 0.717) is 25.8 Å². The predicted molar refractivity (Wildman–Crippen MR) is 90.9 cm³/mol. The molecule has 3 atom stereocenters. The molecule has 10 heteroatoms. The Balaban J connectivity index is 2.11. The molecule has 0 aromatic carbocycles. The van der Waals surface area contributed by atoms with Gasteiger partial charge in [0.25, 0.3) is 5.91 Å². The summed E-state index contributed by atoms with van der Waals surface area (Å²) >= 11 is 0. The van der Waals surface area contributed by atoms with Crippen molar-refractivity contribution in [2.24, 2.45) is 5.92 Å². The minimum absolute atomic E-state index is 0.285. The molecule has 0 aliphatic carbocycles. The Hall–Kier alpha value is -2.46. The van der Waals surface area contributed by atoms with Crippen molar-refractivity contribution < 1.29 is 24.7 Å². The first-order chi connectivity index (χ1) is 12.5. The fourth-order valence-electron chi connectivity index (χ4n) is 3.14. The Morgan fingerprint density at radius 1 is 1.46 bits per heavy atom. The Labute approximate surface area is 150 Å². The van der Waals surface area contributed by atoms with Crippen LogP contribution >= 0.6 is 0 Å². The smallest absolute Gasteiger partial charge is 0.272 e. The van der Waals surface area contributed by atoms with Crippen LogP contribution in [0.25, 0.3) is 0 Å². The number of H-pyrrole nitrogens is 1. The topological polar surface area (TPSA) is 148 Å². The number of aliphatic hydroxyl groups excluding tert-OH is 1. The van der Waals surface area contributed by atoms with Gasteiger partial charge in [0.2, 0.25) is 17.8 Å². The second kappa shape index (κ2) is 9.30. The number of hydroxylamine groups is 1. The Bertz CT molecular complexity index is 621. The van der Waals surface area contributed by atoms with Crippen LogP contribution in [0.15, 0.2) is 12.4 Å². The van der Waals surface area contributed by atoms with Gasteiger partial charge in [-0.15, -0.1) is 0 Å². The third-order valence-corrected chi connectivity index (χ3v) is 4.52. The van der Waals surface area contributed by atoms with Crippen molar-refractivity contribution >= 4 is 23.7 Å². The van der Waals surface area contributed by atoms with Gasteiger partial charge in [-0.25, -0.2) is 10.5 Å². The minimum atomic E-state index is -1.67. The van der Waals surface area contributed by atoms with Crippen LogP contribution in [0.5, 0.6) is 0 Å². The molecule has 1 saturated heterocycles. The number of carbonyl (C=O) groups excluding carboxylic acids is 3. The van der Waals surface area contributed by atoms with Crippen molar-refractivity contribution in [1.29, 1.82) is 0 Å².